The molecular weight excluding hydrogens is 380 g/mol. The second-order valence-electron chi connectivity index (χ2n) is 9.05. The van der Waals surface area contributed by atoms with E-state index in [2.05, 4.69) is 53.6 Å². The minimum Gasteiger partial charge on any atom is -0.462 e. The molecule has 0 bridgehead atoms. The van der Waals surface area contributed by atoms with E-state index in [1.54, 1.807) is 31.2 Å². The van der Waals surface area contributed by atoms with Gasteiger partial charge < -0.3 is 26.4 Å². The van der Waals surface area contributed by atoms with Crippen LogP contribution in [0.15, 0.2) is 30.6 Å². The summed E-state index contributed by atoms with van der Waals surface area (Å²) < 4.78 is 5.01. The van der Waals surface area contributed by atoms with E-state index < -0.39 is 0 Å². The molecule has 0 atom stereocenters. The first-order chi connectivity index (χ1) is 14.1. The number of nitrogens with zero attached hydrogens (tertiary/aromatic N) is 2. The normalized spacial score (nSPS) is 17.9. The zero-order valence-corrected chi connectivity index (χ0v) is 18.4. The van der Waals surface area contributed by atoms with Gasteiger partial charge in [0.25, 0.3) is 0 Å². The Morgan fingerprint density at radius 1 is 1.13 bits per heavy atom. The number of carbonyl (C=O) groups excluding carboxylic acids is 1. The fourth-order valence-electron chi connectivity index (χ4n) is 4.27. The number of aromatic nitrogens is 2. The molecule has 8 heteroatoms. The van der Waals surface area contributed by atoms with Gasteiger partial charge in [-0.2, -0.15) is 0 Å². The summed E-state index contributed by atoms with van der Waals surface area (Å²) in [7, 11) is 0. The molecule has 1 aromatic heterocycles. The molecule has 2 aromatic rings. The van der Waals surface area contributed by atoms with E-state index in [4.69, 9.17) is 10.5 Å². The standard InChI is InChI=1S/C22H32N6O2/c1-6-30-20(29)14-7-9-15(10-8-14)26-18-17(23)19(25-13-24-18)27-16-11-21(2,3)28-22(4,5)12-16/h7-10,13,16,28H,6,11-12,23H2,1-5H3,(H2,24,25,26,27). The first-order valence-electron chi connectivity index (χ1n) is 10.3. The van der Waals surface area contributed by atoms with Crippen molar-refractivity contribution in [3.63, 3.8) is 0 Å². The van der Waals surface area contributed by atoms with Crippen LogP contribution in [-0.2, 0) is 4.74 Å². The van der Waals surface area contributed by atoms with Crippen LogP contribution in [0.5, 0.6) is 0 Å². The summed E-state index contributed by atoms with van der Waals surface area (Å²) in [6.45, 7) is 11.0. The van der Waals surface area contributed by atoms with Gasteiger partial charge >= 0.3 is 5.97 Å². The molecule has 0 unspecified atom stereocenters. The predicted octanol–water partition coefficient (Wildman–Crippen LogP) is 3.70. The van der Waals surface area contributed by atoms with Crippen molar-refractivity contribution in [3.05, 3.63) is 36.2 Å². The molecule has 8 nitrogen and oxygen atoms in total. The lowest BCUT2D eigenvalue weighted by molar-refractivity contribution is 0.0526. The maximum absolute atomic E-state index is 11.8. The Balaban J connectivity index is 1.73. The number of anilines is 4. The summed E-state index contributed by atoms with van der Waals surface area (Å²) in [4.78, 5) is 20.4. The molecule has 2 heterocycles. The molecule has 1 aromatic carbocycles. The number of carbonyl (C=O) groups is 1. The molecule has 1 aliphatic heterocycles. The molecule has 0 saturated carbocycles. The number of ether oxygens (including phenoxy) is 1. The Morgan fingerprint density at radius 2 is 1.73 bits per heavy atom. The number of benzene rings is 1. The van der Waals surface area contributed by atoms with E-state index in [9.17, 15) is 4.79 Å². The van der Waals surface area contributed by atoms with E-state index in [-0.39, 0.29) is 23.1 Å². The third kappa shape index (κ3) is 5.38. The van der Waals surface area contributed by atoms with Gasteiger partial charge in [-0.15, -0.1) is 0 Å². The highest BCUT2D eigenvalue weighted by Gasteiger charge is 2.37. The third-order valence-corrected chi connectivity index (χ3v) is 5.07. The van der Waals surface area contributed by atoms with Crippen LogP contribution in [0.1, 0.15) is 57.8 Å². The van der Waals surface area contributed by atoms with E-state index in [0.717, 1.165) is 18.5 Å². The van der Waals surface area contributed by atoms with Crippen LogP contribution in [0.2, 0.25) is 0 Å². The Bertz CT molecular complexity index is 879. The first-order valence-corrected chi connectivity index (χ1v) is 10.3. The Labute approximate surface area is 178 Å². The highest BCUT2D eigenvalue weighted by atomic mass is 16.5. The zero-order valence-electron chi connectivity index (χ0n) is 18.4. The average molecular weight is 413 g/mol. The summed E-state index contributed by atoms with van der Waals surface area (Å²) in [5, 5.41) is 10.4. The monoisotopic (exact) mass is 412 g/mol. The minimum atomic E-state index is -0.343. The lowest BCUT2D eigenvalue weighted by Crippen LogP contribution is -2.60. The van der Waals surface area contributed by atoms with Crippen molar-refractivity contribution >= 4 is 29.0 Å². The van der Waals surface area contributed by atoms with Crippen LogP contribution >= 0.6 is 0 Å². The third-order valence-electron chi connectivity index (χ3n) is 5.07. The van der Waals surface area contributed by atoms with Crippen molar-refractivity contribution < 1.29 is 9.53 Å². The highest BCUT2D eigenvalue weighted by molar-refractivity contribution is 5.90. The van der Waals surface area contributed by atoms with Crippen molar-refractivity contribution in [3.8, 4) is 0 Å². The summed E-state index contributed by atoms with van der Waals surface area (Å²) >= 11 is 0. The van der Waals surface area contributed by atoms with Gasteiger partial charge in [0.15, 0.2) is 11.6 Å². The number of piperidine rings is 1. The van der Waals surface area contributed by atoms with E-state index in [1.807, 2.05) is 0 Å². The van der Waals surface area contributed by atoms with E-state index in [1.165, 1.54) is 6.33 Å². The number of nitrogen functional groups attached to an aromatic ring is 1. The molecule has 0 radical (unpaired) electrons. The average Bonchev–Trinajstić information content (AvgIpc) is 2.63. The van der Waals surface area contributed by atoms with Crippen molar-refractivity contribution in [2.75, 3.05) is 23.0 Å². The largest absolute Gasteiger partial charge is 0.462 e. The zero-order chi connectivity index (χ0) is 21.9. The smallest absolute Gasteiger partial charge is 0.338 e. The van der Waals surface area contributed by atoms with Gasteiger partial charge in [0.1, 0.15) is 12.0 Å². The fraction of sp³-hybridized carbons (Fsp3) is 0.500. The number of hydrogen-bond acceptors (Lipinski definition) is 8. The predicted molar refractivity (Wildman–Crippen MR) is 120 cm³/mol. The fourth-order valence-corrected chi connectivity index (χ4v) is 4.27. The van der Waals surface area contributed by atoms with Gasteiger partial charge in [-0.25, -0.2) is 14.8 Å². The molecule has 1 fully saturated rings. The molecular formula is C22H32N6O2. The maximum Gasteiger partial charge on any atom is 0.338 e. The number of esters is 1. The molecule has 1 saturated heterocycles. The summed E-state index contributed by atoms with van der Waals surface area (Å²) in [5.41, 5.74) is 8.12. The van der Waals surface area contributed by atoms with Crippen LogP contribution in [0.3, 0.4) is 0 Å². The van der Waals surface area contributed by atoms with Gasteiger partial charge in [0.2, 0.25) is 0 Å². The van der Waals surface area contributed by atoms with Crippen LogP contribution in [0.4, 0.5) is 23.0 Å². The Morgan fingerprint density at radius 3 is 2.33 bits per heavy atom. The maximum atomic E-state index is 11.8. The molecule has 0 amide bonds. The van der Waals surface area contributed by atoms with Gasteiger partial charge in [0, 0.05) is 22.8 Å². The first kappa shape index (κ1) is 21.8. The molecule has 0 spiro atoms. The summed E-state index contributed by atoms with van der Waals surface area (Å²) in [6.07, 6.45) is 3.40. The van der Waals surface area contributed by atoms with Crippen molar-refractivity contribution in [1.29, 1.82) is 0 Å². The van der Waals surface area contributed by atoms with Crippen LogP contribution < -0.4 is 21.7 Å². The highest BCUT2D eigenvalue weighted by Crippen LogP contribution is 2.32. The van der Waals surface area contributed by atoms with Gasteiger partial charge in [-0.3, -0.25) is 0 Å². The van der Waals surface area contributed by atoms with Crippen LogP contribution in [0.25, 0.3) is 0 Å². The van der Waals surface area contributed by atoms with E-state index >= 15 is 0 Å². The van der Waals surface area contributed by atoms with Crippen molar-refractivity contribution in [1.82, 2.24) is 15.3 Å². The lowest BCUT2D eigenvalue weighted by Gasteiger charge is -2.46. The van der Waals surface area contributed by atoms with Crippen molar-refractivity contribution in [2.24, 2.45) is 0 Å². The second kappa shape index (κ2) is 8.47. The Hall–Kier alpha value is -2.87. The number of nitrogens with two attached hydrogens (primary N) is 1. The number of nitrogens with one attached hydrogen (secondary N) is 3. The van der Waals surface area contributed by atoms with Crippen LogP contribution in [0, 0.1) is 0 Å². The SMILES string of the molecule is CCOC(=O)c1ccc(Nc2ncnc(NC3CC(C)(C)NC(C)(C)C3)c2N)cc1. The summed E-state index contributed by atoms with van der Waals surface area (Å²) in [6, 6.07) is 7.23. The van der Waals surface area contributed by atoms with E-state index in [0.29, 0.717) is 29.5 Å². The molecule has 3 rings (SSSR count). The topological polar surface area (TPSA) is 114 Å². The number of hydrogen-bond donors (Lipinski definition) is 4. The van der Waals surface area contributed by atoms with Gasteiger partial charge in [-0.1, -0.05) is 0 Å². The molecule has 5 N–H and O–H groups in total. The minimum absolute atomic E-state index is 0.0168. The van der Waals surface area contributed by atoms with Crippen LogP contribution in [-0.4, -0.2) is 39.7 Å². The molecule has 1 aliphatic rings. The quantitative estimate of drug-likeness (QED) is 0.531. The lowest BCUT2D eigenvalue weighted by atomic mass is 9.79. The molecule has 0 aliphatic carbocycles. The molecule has 162 valence electrons. The Kier molecular flexibility index (Phi) is 6.17. The molecule has 30 heavy (non-hydrogen) atoms. The second-order valence-corrected chi connectivity index (χ2v) is 9.05. The summed E-state index contributed by atoms with van der Waals surface area (Å²) in [5.74, 6) is 0.794. The van der Waals surface area contributed by atoms with Crippen molar-refractivity contribution in [2.45, 2.75) is 64.6 Å². The number of rotatable bonds is 6. The van der Waals surface area contributed by atoms with Gasteiger partial charge in [0.05, 0.1) is 12.2 Å². The van der Waals surface area contributed by atoms with Gasteiger partial charge in [-0.05, 0) is 71.7 Å².